The molecule has 0 unspecified atom stereocenters. The number of aromatic nitrogens is 1. The summed E-state index contributed by atoms with van der Waals surface area (Å²) in [5.41, 5.74) is 0.644. The number of ether oxygens (including phenoxy) is 2. The first-order chi connectivity index (χ1) is 12.9. The Hall–Kier alpha value is -2.94. The minimum Gasteiger partial charge on any atom is -0.492 e. The molecule has 0 aliphatic rings. The summed E-state index contributed by atoms with van der Waals surface area (Å²) in [5, 5.41) is 0.411. The molecule has 0 atom stereocenters. The zero-order chi connectivity index (χ0) is 19.4. The monoisotopic (exact) mass is 394 g/mol. The molecule has 27 heavy (non-hydrogen) atoms. The predicted octanol–water partition coefficient (Wildman–Crippen LogP) is 4.04. The Morgan fingerprint density at radius 2 is 1.85 bits per heavy atom. The zero-order valence-electron chi connectivity index (χ0n) is 14.2. The van der Waals surface area contributed by atoms with Gasteiger partial charge in [0, 0.05) is 17.3 Å². The zero-order valence-corrected chi connectivity index (χ0v) is 15.0. The Labute approximate surface area is 154 Å². The molecule has 1 heterocycles. The van der Waals surface area contributed by atoms with Gasteiger partial charge in [-0.1, -0.05) is 0 Å². The molecule has 1 N–H and O–H groups in total. The van der Waals surface area contributed by atoms with Crippen LogP contribution in [0.1, 0.15) is 6.92 Å². The molecular formula is C18H16F2N2O4S. The van der Waals surface area contributed by atoms with Gasteiger partial charge in [0.25, 0.3) is 10.0 Å². The minimum atomic E-state index is -3.94. The Morgan fingerprint density at radius 1 is 1.11 bits per heavy atom. The van der Waals surface area contributed by atoms with Crippen LogP contribution in [0.3, 0.4) is 0 Å². The van der Waals surface area contributed by atoms with Crippen molar-refractivity contribution in [2.75, 3.05) is 11.3 Å². The van der Waals surface area contributed by atoms with Crippen molar-refractivity contribution in [2.45, 2.75) is 18.4 Å². The molecule has 0 spiro atoms. The Balaban J connectivity index is 1.94. The lowest BCUT2D eigenvalue weighted by Crippen LogP contribution is -2.14. The van der Waals surface area contributed by atoms with Crippen molar-refractivity contribution >= 4 is 26.6 Å². The van der Waals surface area contributed by atoms with E-state index in [0.717, 1.165) is 0 Å². The average Bonchev–Trinajstić information content (AvgIpc) is 2.63. The highest BCUT2D eigenvalue weighted by Gasteiger charge is 2.20. The van der Waals surface area contributed by atoms with Gasteiger partial charge in [-0.25, -0.2) is 8.42 Å². The van der Waals surface area contributed by atoms with Crippen molar-refractivity contribution in [3.63, 3.8) is 0 Å². The van der Waals surface area contributed by atoms with Gasteiger partial charge in [-0.2, -0.15) is 8.78 Å². The summed E-state index contributed by atoms with van der Waals surface area (Å²) >= 11 is 0. The number of rotatable bonds is 7. The molecule has 0 fully saturated rings. The predicted molar refractivity (Wildman–Crippen MR) is 96.8 cm³/mol. The van der Waals surface area contributed by atoms with Crippen LogP contribution >= 0.6 is 0 Å². The van der Waals surface area contributed by atoms with Crippen LogP contribution in [0.25, 0.3) is 10.9 Å². The second-order valence-corrected chi connectivity index (χ2v) is 7.05. The van der Waals surface area contributed by atoms with Crippen LogP contribution in [0, 0.1) is 0 Å². The van der Waals surface area contributed by atoms with Gasteiger partial charge < -0.3 is 9.47 Å². The smallest absolute Gasteiger partial charge is 0.387 e. The first kappa shape index (κ1) is 18.8. The third-order valence-corrected chi connectivity index (χ3v) is 5.05. The Kier molecular flexibility index (Phi) is 5.41. The van der Waals surface area contributed by atoms with Crippen LogP contribution in [0.5, 0.6) is 11.5 Å². The molecule has 6 nitrogen and oxygen atoms in total. The average molecular weight is 394 g/mol. The van der Waals surface area contributed by atoms with Crippen LogP contribution in [-0.4, -0.2) is 26.6 Å². The summed E-state index contributed by atoms with van der Waals surface area (Å²) in [5.74, 6) is 0.421. The van der Waals surface area contributed by atoms with Crippen LogP contribution in [0.15, 0.2) is 59.6 Å². The Bertz CT molecular complexity index is 1040. The summed E-state index contributed by atoms with van der Waals surface area (Å²) in [6.45, 7) is -0.707. The van der Waals surface area contributed by atoms with E-state index in [2.05, 4.69) is 14.4 Å². The fourth-order valence-electron chi connectivity index (χ4n) is 2.54. The van der Waals surface area contributed by atoms with E-state index in [0.29, 0.717) is 23.3 Å². The van der Waals surface area contributed by atoms with Gasteiger partial charge in [0.2, 0.25) is 0 Å². The molecule has 9 heteroatoms. The maximum absolute atomic E-state index is 12.8. The highest BCUT2D eigenvalue weighted by molar-refractivity contribution is 7.93. The van der Waals surface area contributed by atoms with Gasteiger partial charge in [0.1, 0.15) is 17.0 Å². The molecule has 3 rings (SSSR count). The van der Waals surface area contributed by atoms with E-state index in [1.807, 2.05) is 6.92 Å². The number of hydrogen-bond acceptors (Lipinski definition) is 5. The van der Waals surface area contributed by atoms with Gasteiger partial charge in [-0.15, -0.1) is 0 Å². The largest absolute Gasteiger partial charge is 0.492 e. The normalized spacial score (nSPS) is 11.6. The molecule has 142 valence electrons. The lowest BCUT2D eigenvalue weighted by atomic mass is 10.2. The van der Waals surface area contributed by atoms with Crippen LogP contribution in [-0.2, 0) is 10.0 Å². The lowest BCUT2D eigenvalue weighted by molar-refractivity contribution is -0.0498. The molecule has 0 aliphatic heterocycles. The van der Waals surface area contributed by atoms with E-state index in [4.69, 9.17) is 4.74 Å². The van der Waals surface area contributed by atoms with Gasteiger partial charge >= 0.3 is 6.61 Å². The molecular weight excluding hydrogens is 378 g/mol. The number of sulfonamides is 1. The summed E-state index contributed by atoms with van der Waals surface area (Å²) in [6.07, 6.45) is 1.55. The molecule has 2 aromatic carbocycles. The van der Waals surface area contributed by atoms with Crippen molar-refractivity contribution < 1.29 is 26.7 Å². The highest BCUT2D eigenvalue weighted by Crippen LogP contribution is 2.30. The molecule has 0 saturated heterocycles. The number of halogens is 2. The quantitative estimate of drug-likeness (QED) is 0.655. The van der Waals surface area contributed by atoms with Crippen LogP contribution in [0.2, 0.25) is 0 Å². The third-order valence-electron chi connectivity index (χ3n) is 3.61. The molecule has 0 aliphatic carbocycles. The number of benzene rings is 2. The number of alkyl halides is 2. The first-order valence-electron chi connectivity index (χ1n) is 7.99. The number of anilines is 1. The molecule has 0 amide bonds. The molecule has 3 aromatic rings. The number of fused-ring (bicyclic) bond motifs is 1. The van der Waals surface area contributed by atoms with E-state index < -0.39 is 16.6 Å². The van der Waals surface area contributed by atoms with E-state index in [1.165, 1.54) is 30.3 Å². The second-order valence-electron chi connectivity index (χ2n) is 5.40. The van der Waals surface area contributed by atoms with Gasteiger partial charge in [0.15, 0.2) is 0 Å². The molecule has 0 bridgehead atoms. The number of pyridine rings is 1. The summed E-state index contributed by atoms with van der Waals surface area (Å²) < 4.78 is 62.2. The van der Waals surface area contributed by atoms with Gasteiger partial charge in [-0.05, 0) is 55.5 Å². The van der Waals surface area contributed by atoms with E-state index >= 15 is 0 Å². The van der Waals surface area contributed by atoms with Crippen molar-refractivity contribution in [3.8, 4) is 11.5 Å². The van der Waals surface area contributed by atoms with E-state index in [1.54, 1.807) is 24.4 Å². The fraction of sp³-hybridized carbons (Fsp3) is 0.167. The van der Waals surface area contributed by atoms with Crippen molar-refractivity contribution in [2.24, 2.45) is 0 Å². The van der Waals surface area contributed by atoms with E-state index in [9.17, 15) is 17.2 Å². The minimum absolute atomic E-state index is 0.0296. The number of nitrogens with zero attached hydrogens (tertiary/aromatic N) is 1. The summed E-state index contributed by atoms with van der Waals surface area (Å²) in [7, 11) is -3.94. The molecule has 0 saturated carbocycles. The topological polar surface area (TPSA) is 77.5 Å². The summed E-state index contributed by atoms with van der Waals surface area (Å²) in [6, 6.07) is 11.4. The fourth-order valence-corrected chi connectivity index (χ4v) is 3.80. The number of hydrogen-bond donors (Lipinski definition) is 1. The molecule has 0 radical (unpaired) electrons. The standard InChI is InChI=1S/C18H16F2N2O4S/c1-2-25-15-9-10-16(14-4-3-11-21-17(14)15)27(23,24)22-12-5-7-13(8-6-12)26-18(19)20/h3-11,18,22H,2H2,1H3. The van der Waals surface area contributed by atoms with Crippen molar-refractivity contribution in [3.05, 3.63) is 54.7 Å². The SMILES string of the molecule is CCOc1ccc(S(=O)(=O)Nc2ccc(OC(F)F)cc2)c2cccnc12. The molecule has 1 aromatic heterocycles. The maximum Gasteiger partial charge on any atom is 0.387 e. The first-order valence-corrected chi connectivity index (χ1v) is 9.47. The van der Waals surface area contributed by atoms with Crippen LogP contribution < -0.4 is 14.2 Å². The lowest BCUT2D eigenvalue weighted by Gasteiger charge is -2.13. The number of nitrogens with one attached hydrogen (secondary N) is 1. The van der Waals surface area contributed by atoms with Crippen molar-refractivity contribution in [1.82, 2.24) is 4.98 Å². The van der Waals surface area contributed by atoms with E-state index in [-0.39, 0.29) is 16.3 Å². The highest BCUT2D eigenvalue weighted by atomic mass is 32.2. The van der Waals surface area contributed by atoms with Gasteiger partial charge in [0.05, 0.1) is 11.5 Å². The third kappa shape index (κ3) is 4.25. The second kappa shape index (κ2) is 7.75. The maximum atomic E-state index is 12.8. The summed E-state index contributed by atoms with van der Waals surface area (Å²) in [4.78, 5) is 4.24. The van der Waals surface area contributed by atoms with Gasteiger partial charge in [-0.3, -0.25) is 9.71 Å². The van der Waals surface area contributed by atoms with Crippen molar-refractivity contribution in [1.29, 1.82) is 0 Å². The Morgan fingerprint density at radius 3 is 2.52 bits per heavy atom. The van der Waals surface area contributed by atoms with Crippen LogP contribution in [0.4, 0.5) is 14.5 Å².